The summed E-state index contributed by atoms with van der Waals surface area (Å²) in [6, 6.07) is 1.79. The Morgan fingerprint density at radius 2 is 2.27 bits per heavy atom. The number of rotatable bonds is 6. The second-order valence-electron chi connectivity index (χ2n) is 6.25. The molecule has 1 amide bonds. The molecule has 1 unspecified atom stereocenters. The molecule has 1 N–H and O–H groups in total. The first kappa shape index (κ1) is 18.8. The van der Waals surface area contributed by atoms with Crippen LogP contribution in [0.25, 0.3) is 0 Å². The maximum Gasteiger partial charge on any atom is 0.235 e. The third-order valence-corrected chi connectivity index (χ3v) is 6.48. The van der Waals surface area contributed by atoms with Crippen LogP contribution in [-0.4, -0.2) is 27.6 Å². The Hall–Kier alpha value is -1.93. The van der Waals surface area contributed by atoms with Crippen LogP contribution >= 0.6 is 23.1 Å². The fraction of sp³-hybridized carbons (Fsp3) is 0.444. The first-order chi connectivity index (χ1) is 12.5. The molecule has 0 saturated heterocycles. The number of nitrogens with one attached hydrogen (secondary N) is 1. The minimum absolute atomic E-state index is 0.121. The number of aryl methyl sites for hydroxylation is 2. The Morgan fingerprint density at radius 1 is 1.46 bits per heavy atom. The van der Waals surface area contributed by atoms with Gasteiger partial charge in [-0.3, -0.25) is 4.79 Å². The van der Waals surface area contributed by atoms with Crippen molar-refractivity contribution in [3.8, 4) is 0 Å². The van der Waals surface area contributed by atoms with Gasteiger partial charge < -0.3 is 15.2 Å². The molecule has 0 spiro atoms. The fourth-order valence-electron chi connectivity index (χ4n) is 3.25. The number of carbonyl (C=O) groups is 2. The van der Waals surface area contributed by atoms with Crippen LogP contribution < -0.4 is 10.4 Å². The molecular weight excluding hydrogens is 370 g/mol. The van der Waals surface area contributed by atoms with E-state index < -0.39 is 5.97 Å². The van der Waals surface area contributed by atoms with Crippen molar-refractivity contribution in [1.82, 2.24) is 9.97 Å². The summed E-state index contributed by atoms with van der Waals surface area (Å²) in [6.45, 7) is 3.92. The highest BCUT2D eigenvalue weighted by Gasteiger charge is 2.28. The van der Waals surface area contributed by atoms with Gasteiger partial charge >= 0.3 is 0 Å². The first-order valence-corrected chi connectivity index (χ1v) is 10.4. The number of anilines is 1. The molecule has 0 bridgehead atoms. The van der Waals surface area contributed by atoms with E-state index in [1.807, 2.05) is 6.92 Å². The smallest absolute Gasteiger partial charge is 0.235 e. The maximum absolute atomic E-state index is 12.3. The largest absolute Gasteiger partial charge is 0.545 e. The van der Waals surface area contributed by atoms with E-state index in [1.165, 1.54) is 23.1 Å². The summed E-state index contributed by atoms with van der Waals surface area (Å²) in [5.74, 6) is -1.14. The van der Waals surface area contributed by atoms with Crippen molar-refractivity contribution in [2.24, 2.45) is 0 Å². The second-order valence-corrected chi connectivity index (χ2v) is 8.29. The van der Waals surface area contributed by atoms with Gasteiger partial charge in [-0.15, -0.1) is 11.3 Å². The summed E-state index contributed by atoms with van der Waals surface area (Å²) in [5, 5.41) is 15.4. The third-order valence-electron chi connectivity index (χ3n) is 4.44. The molecule has 2 aromatic rings. The lowest BCUT2D eigenvalue weighted by atomic mass is 9.83. The highest BCUT2D eigenvalue weighted by Crippen LogP contribution is 2.44. The summed E-state index contributed by atoms with van der Waals surface area (Å²) >= 11 is 2.59. The van der Waals surface area contributed by atoms with Crippen molar-refractivity contribution in [2.45, 2.75) is 50.6 Å². The maximum atomic E-state index is 12.3. The van der Waals surface area contributed by atoms with Crippen LogP contribution in [0.1, 0.15) is 58.6 Å². The summed E-state index contributed by atoms with van der Waals surface area (Å²) in [5.41, 5.74) is 1.87. The van der Waals surface area contributed by atoms with E-state index in [4.69, 9.17) is 0 Å². The molecule has 26 heavy (non-hydrogen) atoms. The first-order valence-electron chi connectivity index (χ1n) is 8.58. The van der Waals surface area contributed by atoms with Crippen LogP contribution in [-0.2, 0) is 11.2 Å². The minimum Gasteiger partial charge on any atom is -0.545 e. The molecule has 138 valence electrons. The van der Waals surface area contributed by atoms with Crippen LogP contribution in [0.3, 0.4) is 0 Å². The molecule has 2 heterocycles. The second kappa shape index (κ2) is 8.18. The average Bonchev–Trinajstić information content (AvgIpc) is 2.98. The molecule has 1 atom stereocenters. The van der Waals surface area contributed by atoms with Crippen LogP contribution in [0.15, 0.2) is 17.4 Å². The SMILES string of the molecule is CCC1CCCc2sc(NC(=O)CSc3nccc(C)n3)c(C(=O)[O-])c21. The van der Waals surface area contributed by atoms with E-state index in [2.05, 4.69) is 22.2 Å². The van der Waals surface area contributed by atoms with Gasteiger partial charge in [-0.1, -0.05) is 18.7 Å². The molecule has 3 rings (SSSR count). The number of aromatic carboxylic acids is 1. The van der Waals surface area contributed by atoms with Crippen molar-refractivity contribution < 1.29 is 14.7 Å². The number of carbonyl (C=O) groups excluding carboxylic acids is 2. The fourth-order valence-corrected chi connectivity index (χ4v) is 5.26. The zero-order valence-electron chi connectivity index (χ0n) is 14.7. The molecule has 6 nitrogen and oxygen atoms in total. The molecular formula is C18H20N3O3S2-. The van der Waals surface area contributed by atoms with Crippen LogP contribution in [0.4, 0.5) is 5.00 Å². The summed E-state index contributed by atoms with van der Waals surface area (Å²) in [7, 11) is 0. The Kier molecular flexibility index (Phi) is 5.93. The van der Waals surface area contributed by atoms with E-state index in [-0.39, 0.29) is 23.1 Å². The van der Waals surface area contributed by atoms with Crippen LogP contribution in [0.5, 0.6) is 0 Å². The lowest BCUT2D eigenvalue weighted by Crippen LogP contribution is -2.26. The van der Waals surface area contributed by atoms with Gasteiger partial charge in [0.1, 0.15) is 5.00 Å². The molecule has 0 aliphatic heterocycles. The van der Waals surface area contributed by atoms with Crippen molar-refractivity contribution in [1.29, 1.82) is 0 Å². The van der Waals surface area contributed by atoms with Crippen molar-refractivity contribution >= 4 is 40.0 Å². The van der Waals surface area contributed by atoms with Gasteiger partial charge in [-0.25, -0.2) is 9.97 Å². The molecule has 8 heteroatoms. The van der Waals surface area contributed by atoms with Crippen LogP contribution in [0, 0.1) is 6.92 Å². The summed E-state index contributed by atoms with van der Waals surface area (Å²) < 4.78 is 0. The molecule has 0 saturated carbocycles. The molecule has 1 aliphatic carbocycles. The number of hydrogen-bond donors (Lipinski definition) is 1. The van der Waals surface area contributed by atoms with Gasteiger partial charge in [0.25, 0.3) is 0 Å². The van der Waals surface area contributed by atoms with Gasteiger partial charge in [0.15, 0.2) is 5.16 Å². The number of carboxylic acid groups (broad SMARTS) is 1. The number of amides is 1. The average molecular weight is 391 g/mol. The van der Waals surface area contributed by atoms with Crippen molar-refractivity contribution in [3.05, 3.63) is 34.0 Å². The number of thioether (sulfide) groups is 1. The Labute approximate surface area is 160 Å². The summed E-state index contributed by atoms with van der Waals surface area (Å²) in [6.07, 6.45) is 5.42. The number of carboxylic acids is 1. The lowest BCUT2D eigenvalue weighted by Gasteiger charge is -2.23. The lowest BCUT2D eigenvalue weighted by molar-refractivity contribution is -0.255. The number of hydrogen-bond acceptors (Lipinski definition) is 7. The van der Waals surface area contributed by atoms with Gasteiger partial charge in [0.2, 0.25) is 5.91 Å². The van der Waals surface area contributed by atoms with E-state index in [1.54, 1.807) is 12.3 Å². The van der Waals surface area contributed by atoms with E-state index in [0.29, 0.717) is 10.2 Å². The third kappa shape index (κ3) is 4.07. The van der Waals surface area contributed by atoms with E-state index in [9.17, 15) is 14.7 Å². The van der Waals surface area contributed by atoms with Gasteiger partial charge in [-0.05, 0) is 50.2 Å². The van der Waals surface area contributed by atoms with Crippen molar-refractivity contribution in [3.63, 3.8) is 0 Å². The molecule has 2 aromatic heterocycles. The number of aromatic nitrogens is 2. The van der Waals surface area contributed by atoms with Gasteiger partial charge in [-0.2, -0.15) is 0 Å². The Morgan fingerprint density at radius 3 is 2.96 bits per heavy atom. The number of thiophene rings is 1. The van der Waals surface area contributed by atoms with Gasteiger partial charge in [0, 0.05) is 22.3 Å². The monoisotopic (exact) mass is 390 g/mol. The predicted octanol–water partition coefficient (Wildman–Crippen LogP) is 2.77. The standard InChI is InChI=1S/C18H21N3O3S2/c1-3-11-5-4-6-12-14(11)15(17(23)24)16(26-12)21-13(22)9-25-18-19-8-7-10(2)20-18/h7-8,11H,3-6,9H2,1-2H3,(H,21,22)(H,23,24)/p-1. The summed E-state index contributed by atoms with van der Waals surface area (Å²) in [4.78, 5) is 33.5. The quantitative estimate of drug-likeness (QED) is 0.602. The van der Waals surface area contributed by atoms with E-state index >= 15 is 0 Å². The topological polar surface area (TPSA) is 95.0 Å². The zero-order valence-corrected chi connectivity index (χ0v) is 16.3. The van der Waals surface area contributed by atoms with Crippen molar-refractivity contribution in [2.75, 3.05) is 11.1 Å². The van der Waals surface area contributed by atoms with E-state index in [0.717, 1.165) is 41.8 Å². The van der Waals surface area contributed by atoms with Gasteiger partial charge in [0.05, 0.1) is 11.7 Å². The van der Waals surface area contributed by atoms with Crippen LogP contribution in [0.2, 0.25) is 0 Å². The minimum atomic E-state index is -1.21. The molecule has 0 radical (unpaired) electrons. The predicted molar refractivity (Wildman–Crippen MR) is 101 cm³/mol. The molecule has 0 aromatic carbocycles. The Balaban J connectivity index is 1.76. The number of fused-ring (bicyclic) bond motifs is 1. The molecule has 1 aliphatic rings. The highest BCUT2D eigenvalue weighted by molar-refractivity contribution is 7.99. The zero-order chi connectivity index (χ0) is 18.7. The molecule has 0 fully saturated rings. The number of nitrogens with zero attached hydrogens (tertiary/aromatic N) is 2. The highest BCUT2D eigenvalue weighted by atomic mass is 32.2. The normalized spacial score (nSPS) is 16.2. The Bertz CT molecular complexity index is 835.